The molecule has 0 aliphatic heterocycles. The van der Waals surface area contributed by atoms with E-state index in [0.717, 1.165) is 15.4 Å². The van der Waals surface area contributed by atoms with Gasteiger partial charge >= 0.3 is 0 Å². The number of methoxy groups -OCH3 is 1. The predicted octanol–water partition coefficient (Wildman–Crippen LogP) is 4.26. The molecule has 7 nitrogen and oxygen atoms in total. The maximum atomic E-state index is 13.6. The Balaban J connectivity index is 1.91. The minimum atomic E-state index is -3.99. The van der Waals surface area contributed by atoms with Gasteiger partial charge in [0.15, 0.2) is 0 Å². The Morgan fingerprint density at radius 2 is 1.59 bits per heavy atom. The van der Waals surface area contributed by atoms with Crippen molar-refractivity contribution >= 4 is 21.6 Å². The van der Waals surface area contributed by atoms with Crippen LogP contribution < -0.4 is 13.8 Å². The van der Waals surface area contributed by atoms with Gasteiger partial charge < -0.3 is 14.4 Å². The second kappa shape index (κ2) is 11.1. The summed E-state index contributed by atoms with van der Waals surface area (Å²) in [6.45, 7) is 4.19. The first-order valence-corrected chi connectivity index (χ1v) is 12.4. The third kappa shape index (κ3) is 5.88. The number of sulfonamides is 1. The first kappa shape index (κ1) is 25.1. The number of carbonyl (C=O) groups excluding carboxylic acids is 1. The van der Waals surface area contributed by atoms with Gasteiger partial charge in [0, 0.05) is 19.2 Å². The van der Waals surface area contributed by atoms with Crippen LogP contribution in [0, 0.1) is 6.92 Å². The third-order valence-electron chi connectivity index (χ3n) is 5.35. The zero-order valence-electron chi connectivity index (χ0n) is 19.9. The molecule has 0 atom stereocenters. The molecule has 3 aromatic rings. The molecule has 0 saturated heterocycles. The van der Waals surface area contributed by atoms with Crippen molar-refractivity contribution in [2.24, 2.45) is 0 Å². The first-order valence-electron chi connectivity index (χ1n) is 10.9. The molecule has 0 spiro atoms. The summed E-state index contributed by atoms with van der Waals surface area (Å²) in [6, 6.07) is 20.7. The highest BCUT2D eigenvalue weighted by Gasteiger charge is 2.28. The van der Waals surface area contributed by atoms with E-state index in [-0.39, 0.29) is 23.9 Å². The third-order valence-corrected chi connectivity index (χ3v) is 7.14. The van der Waals surface area contributed by atoms with Crippen LogP contribution in [0.3, 0.4) is 0 Å². The molecule has 0 N–H and O–H groups in total. The van der Waals surface area contributed by atoms with E-state index in [1.807, 2.05) is 38.1 Å². The summed E-state index contributed by atoms with van der Waals surface area (Å²) in [5, 5.41) is 0. The van der Waals surface area contributed by atoms with Gasteiger partial charge in [-0.05, 0) is 56.3 Å². The molecular weight excluding hydrogens is 452 g/mol. The van der Waals surface area contributed by atoms with Crippen LogP contribution in [-0.2, 0) is 21.4 Å². The Morgan fingerprint density at radius 1 is 0.941 bits per heavy atom. The Hall–Kier alpha value is -3.52. The Labute approximate surface area is 201 Å². The molecule has 3 aromatic carbocycles. The average Bonchev–Trinajstić information content (AvgIpc) is 2.83. The molecular formula is C26H30N2O5S. The van der Waals surface area contributed by atoms with Gasteiger partial charge in [-0.25, -0.2) is 8.42 Å². The lowest BCUT2D eigenvalue weighted by atomic mass is 10.2. The van der Waals surface area contributed by atoms with Crippen LogP contribution in [0.2, 0.25) is 0 Å². The molecule has 0 aromatic heterocycles. The summed E-state index contributed by atoms with van der Waals surface area (Å²) >= 11 is 0. The van der Waals surface area contributed by atoms with Crippen LogP contribution in [0.4, 0.5) is 5.69 Å². The molecule has 34 heavy (non-hydrogen) atoms. The molecule has 3 rings (SSSR count). The molecule has 0 saturated carbocycles. The van der Waals surface area contributed by atoms with Crippen molar-refractivity contribution in [2.75, 3.05) is 31.6 Å². The van der Waals surface area contributed by atoms with Crippen LogP contribution in [-0.4, -0.2) is 46.5 Å². The number of ether oxygens (including phenoxy) is 2. The van der Waals surface area contributed by atoms with E-state index in [4.69, 9.17) is 9.47 Å². The number of amides is 1. The molecule has 1 amide bonds. The van der Waals surface area contributed by atoms with E-state index >= 15 is 0 Å². The SMILES string of the molecule is CCOc1ccc(N(CC(=O)N(C)Cc2ccccc2OC)S(=O)(=O)c2ccc(C)cc2)cc1. The maximum absolute atomic E-state index is 13.6. The molecule has 180 valence electrons. The van der Waals surface area contributed by atoms with Crippen molar-refractivity contribution < 1.29 is 22.7 Å². The molecule has 0 bridgehead atoms. The van der Waals surface area contributed by atoms with Gasteiger partial charge in [-0.3, -0.25) is 9.10 Å². The van der Waals surface area contributed by atoms with Crippen molar-refractivity contribution in [3.8, 4) is 11.5 Å². The van der Waals surface area contributed by atoms with Crippen LogP contribution in [0.25, 0.3) is 0 Å². The summed E-state index contributed by atoms with van der Waals surface area (Å²) in [4.78, 5) is 14.8. The van der Waals surface area contributed by atoms with Gasteiger partial charge in [0.2, 0.25) is 5.91 Å². The van der Waals surface area contributed by atoms with Crippen molar-refractivity contribution in [3.63, 3.8) is 0 Å². The monoisotopic (exact) mass is 482 g/mol. The fourth-order valence-electron chi connectivity index (χ4n) is 3.45. The molecule has 0 fully saturated rings. The smallest absolute Gasteiger partial charge is 0.264 e. The lowest BCUT2D eigenvalue weighted by Crippen LogP contribution is -2.41. The number of anilines is 1. The van der Waals surface area contributed by atoms with Gasteiger partial charge in [-0.1, -0.05) is 35.9 Å². The summed E-state index contributed by atoms with van der Waals surface area (Å²) < 4.78 is 39.1. The quantitative estimate of drug-likeness (QED) is 0.432. The number of nitrogens with zero attached hydrogens (tertiary/aromatic N) is 2. The van der Waals surface area contributed by atoms with Crippen molar-refractivity contribution in [1.29, 1.82) is 0 Å². The lowest BCUT2D eigenvalue weighted by molar-refractivity contribution is -0.128. The maximum Gasteiger partial charge on any atom is 0.264 e. The number of para-hydroxylation sites is 1. The van der Waals surface area contributed by atoms with E-state index < -0.39 is 10.0 Å². The molecule has 0 aliphatic rings. The minimum Gasteiger partial charge on any atom is -0.496 e. The van der Waals surface area contributed by atoms with Gasteiger partial charge in [0.05, 0.1) is 24.3 Å². The second-order valence-corrected chi connectivity index (χ2v) is 9.68. The topological polar surface area (TPSA) is 76.2 Å². The van der Waals surface area contributed by atoms with E-state index in [9.17, 15) is 13.2 Å². The summed E-state index contributed by atoms with van der Waals surface area (Å²) in [6.07, 6.45) is 0. The molecule has 8 heteroatoms. The van der Waals surface area contributed by atoms with Crippen LogP contribution in [0.1, 0.15) is 18.1 Å². The van der Waals surface area contributed by atoms with Gasteiger partial charge in [-0.15, -0.1) is 0 Å². The van der Waals surface area contributed by atoms with Crippen LogP contribution in [0.15, 0.2) is 77.7 Å². The number of likely N-dealkylation sites (N-methyl/N-ethyl adjacent to an activating group) is 1. The Bertz CT molecular complexity index is 1210. The van der Waals surface area contributed by atoms with Gasteiger partial charge in [0.1, 0.15) is 18.0 Å². The number of benzene rings is 3. The Morgan fingerprint density at radius 3 is 2.21 bits per heavy atom. The Kier molecular flexibility index (Phi) is 8.17. The van der Waals surface area contributed by atoms with Crippen molar-refractivity contribution in [1.82, 2.24) is 4.90 Å². The molecule has 0 unspecified atom stereocenters. The fourth-order valence-corrected chi connectivity index (χ4v) is 4.86. The average molecular weight is 483 g/mol. The number of aryl methyl sites for hydroxylation is 1. The minimum absolute atomic E-state index is 0.118. The van der Waals surface area contributed by atoms with E-state index in [1.165, 1.54) is 4.90 Å². The largest absolute Gasteiger partial charge is 0.496 e. The van der Waals surface area contributed by atoms with Gasteiger partial charge in [-0.2, -0.15) is 0 Å². The highest BCUT2D eigenvalue weighted by molar-refractivity contribution is 7.92. The normalized spacial score (nSPS) is 11.1. The summed E-state index contributed by atoms with van der Waals surface area (Å²) in [5.74, 6) is 0.937. The standard InChI is InChI=1S/C26H30N2O5S/c1-5-33-23-14-12-22(13-15-23)28(34(30,31)24-16-10-20(2)11-17-24)19-26(29)27(3)18-21-8-6-7-9-25(21)32-4/h6-17H,5,18-19H2,1-4H3. The number of hydrogen-bond donors (Lipinski definition) is 0. The van der Waals surface area contributed by atoms with Crippen LogP contribution in [0.5, 0.6) is 11.5 Å². The van der Waals surface area contributed by atoms with Gasteiger partial charge in [0.25, 0.3) is 10.0 Å². The molecule has 0 aliphatic carbocycles. The molecule has 0 heterocycles. The lowest BCUT2D eigenvalue weighted by Gasteiger charge is -2.27. The van der Waals surface area contributed by atoms with Crippen molar-refractivity contribution in [3.05, 3.63) is 83.9 Å². The summed E-state index contributed by atoms with van der Waals surface area (Å²) in [5.41, 5.74) is 2.15. The second-order valence-electron chi connectivity index (χ2n) is 7.81. The zero-order chi connectivity index (χ0) is 24.7. The number of carbonyl (C=O) groups is 1. The van der Waals surface area contributed by atoms with E-state index in [1.54, 1.807) is 62.7 Å². The highest BCUT2D eigenvalue weighted by Crippen LogP contribution is 2.27. The van der Waals surface area contributed by atoms with Crippen molar-refractivity contribution in [2.45, 2.75) is 25.3 Å². The zero-order valence-corrected chi connectivity index (χ0v) is 20.7. The number of rotatable bonds is 10. The number of hydrogen-bond acceptors (Lipinski definition) is 5. The summed E-state index contributed by atoms with van der Waals surface area (Å²) in [7, 11) is -0.776. The predicted molar refractivity (Wildman–Crippen MR) is 133 cm³/mol. The van der Waals surface area contributed by atoms with Crippen LogP contribution >= 0.6 is 0 Å². The highest BCUT2D eigenvalue weighted by atomic mass is 32.2. The first-order chi connectivity index (χ1) is 16.3. The van der Waals surface area contributed by atoms with E-state index in [2.05, 4.69) is 0 Å². The van der Waals surface area contributed by atoms with E-state index in [0.29, 0.717) is 23.8 Å². The fraction of sp³-hybridized carbons (Fsp3) is 0.269. The molecule has 0 radical (unpaired) electrons.